The largest absolute Gasteiger partial charge is 0.481 e. The number of aliphatic hydroxyl groups is 3. The van der Waals surface area contributed by atoms with Gasteiger partial charge >= 0.3 is 5.97 Å². The van der Waals surface area contributed by atoms with Gasteiger partial charge in [0.25, 0.3) is 0 Å². The fourth-order valence-electron chi connectivity index (χ4n) is 2.47. The highest BCUT2D eigenvalue weighted by atomic mass is 16.4. The summed E-state index contributed by atoms with van der Waals surface area (Å²) in [5, 5.41) is 37.7. The summed E-state index contributed by atoms with van der Waals surface area (Å²) in [6.45, 7) is 1.97. The molecule has 0 heterocycles. The first-order valence-corrected chi connectivity index (χ1v) is 8.88. The molecule has 0 rings (SSSR count). The molecule has 0 spiro atoms. The van der Waals surface area contributed by atoms with Gasteiger partial charge in [0.2, 0.25) is 0 Å². The van der Waals surface area contributed by atoms with Crippen molar-refractivity contribution in [3.05, 3.63) is 12.2 Å². The third-order valence-corrected chi connectivity index (χ3v) is 3.89. The Labute approximate surface area is 140 Å². The second-order valence-electron chi connectivity index (χ2n) is 6.22. The molecule has 0 aromatic carbocycles. The molecule has 0 radical (unpaired) electrons. The van der Waals surface area contributed by atoms with E-state index in [4.69, 9.17) is 5.11 Å². The number of aliphatic carboxylic acids is 1. The topological polar surface area (TPSA) is 98.0 Å². The van der Waals surface area contributed by atoms with E-state index in [-0.39, 0.29) is 12.8 Å². The monoisotopic (exact) mass is 330 g/mol. The molecule has 3 atom stereocenters. The summed E-state index contributed by atoms with van der Waals surface area (Å²) in [4.78, 5) is 10.3. The van der Waals surface area contributed by atoms with E-state index >= 15 is 0 Å². The molecule has 0 aliphatic rings. The Morgan fingerprint density at radius 2 is 1.61 bits per heavy atom. The van der Waals surface area contributed by atoms with Crippen LogP contribution in [0.4, 0.5) is 0 Å². The van der Waals surface area contributed by atoms with Gasteiger partial charge in [0.15, 0.2) is 0 Å². The van der Waals surface area contributed by atoms with Gasteiger partial charge < -0.3 is 20.4 Å². The van der Waals surface area contributed by atoms with Gasteiger partial charge in [-0.05, 0) is 32.1 Å². The lowest BCUT2D eigenvalue weighted by molar-refractivity contribution is -0.137. The second kappa shape index (κ2) is 14.7. The standard InChI is InChI=1S/C18H34O5/c1-2-11-15(19)14-17(21)16(20)12-9-7-5-3-4-6-8-10-13-18(22)23/h7,9,15-17,19-21H,2-6,8,10-14H2,1H3,(H,22,23)/b9-7-/t15-,16+,17-/m0/s1. The Balaban J connectivity index is 3.56. The van der Waals surface area contributed by atoms with Gasteiger partial charge in [-0.15, -0.1) is 0 Å². The molecule has 5 heteroatoms. The number of hydrogen-bond acceptors (Lipinski definition) is 4. The van der Waals surface area contributed by atoms with E-state index in [1.165, 1.54) is 0 Å². The summed E-state index contributed by atoms with van der Waals surface area (Å²) in [6, 6.07) is 0. The molecule has 0 unspecified atom stereocenters. The van der Waals surface area contributed by atoms with Crippen LogP contribution in [0.3, 0.4) is 0 Å². The number of carbonyl (C=O) groups is 1. The maximum Gasteiger partial charge on any atom is 0.303 e. The fourth-order valence-corrected chi connectivity index (χ4v) is 2.47. The average Bonchev–Trinajstić information content (AvgIpc) is 2.48. The van der Waals surface area contributed by atoms with Gasteiger partial charge in [0.05, 0.1) is 18.3 Å². The number of allylic oxidation sites excluding steroid dienone is 1. The van der Waals surface area contributed by atoms with E-state index in [9.17, 15) is 20.1 Å². The summed E-state index contributed by atoms with van der Waals surface area (Å²) in [5.74, 6) is -0.726. The zero-order valence-corrected chi connectivity index (χ0v) is 14.4. The van der Waals surface area contributed by atoms with Crippen molar-refractivity contribution in [3.8, 4) is 0 Å². The van der Waals surface area contributed by atoms with E-state index < -0.39 is 24.3 Å². The van der Waals surface area contributed by atoms with Crippen molar-refractivity contribution >= 4 is 5.97 Å². The lowest BCUT2D eigenvalue weighted by atomic mass is 10.0. The van der Waals surface area contributed by atoms with Crippen LogP contribution in [0.15, 0.2) is 12.2 Å². The highest BCUT2D eigenvalue weighted by Crippen LogP contribution is 2.12. The lowest BCUT2D eigenvalue weighted by Gasteiger charge is -2.19. The smallest absolute Gasteiger partial charge is 0.303 e. The molecule has 0 aromatic rings. The van der Waals surface area contributed by atoms with Gasteiger partial charge in [-0.25, -0.2) is 0 Å². The van der Waals surface area contributed by atoms with Crippen LogP contribution < -0.4 is 0 Å². The van der Waals surface area contributed by atoms with E-state index in [0.29, 0.717) is 12.8 Å². The molecule has 4 N–H and O–H groups in total. The first-order valence-electron chi connectivity index (χ1n) is 8.88. The van der Waals surface area contributed by atoms with Crippen LogP contribution in [-0.2, 0) is 4.79 Å². The second-order valence-corrected chi connectivity index (χ2v) is 6.22. The van der Waals surface area contributed by atoms with Crippen LogP contribution in [-0.4, -0.2) is 44.7 Å². The molecule has 0 aliphatic heterocycles. The normalized spacial score (nSPS) is 15.7. The van der Waals surface area contributed by atoms with Crippen LogP contribution in [0, 0.1) is 0 Å². The summed E-state index contributed by atoms with van der Waals surface area (Å²) < 4.78 is 0. The number of carboxylic acids is 1. The van der Waals surface area contributed by atoms with Crippen molar-refractivity contribution in [3.63, 3.8) is 0 Å². The lowest BCUT2D eigenvalue weighted by Crippen LogP contribution is -2.29. The maximum absolute atomic E-state index is 10.3. The first kappa shape index (κ1) is 22.1. The Hall–Kier alpha value is -0.910. The summed E-state index contributed by atoms with van der Waals surface area (Å²) in [5.41, 5.74) is 0. The molecule has 0 aliphatic carbocycles. The van der Waals surface area contributed by atoms with Gasteiger partial charge in [0.1, 0.15) is 0 Å². The molecule has 23 heavy (non-hydrogen) atoms. The van der Waals surface area contributed by atoms with Crippen LogP contribution >= 0.6 is 0 Å². The summed E-state index contributed by atoms with van der Waals surface area (Å²) in [7, 11) is 0. The predicted octanol–water partition coefficient (Wildman–Crippen LogP) is 3.02. The van der Waals surface area contributed by atoms with Gasteiger partial charge in [-0.3, -0.25) is 4.79 Å². The fraction of sp³-hybridized carbons (Fsp3) is 0.833. The third-order valence-electron chi connectivity index (χ3n) is 3.89. The minimum atomic E-state index is -0.879. The van der Waals surface area contributed by atoms with Crippen LogP contribution in [0.5, 0.6) is 0 Å². The van der Waals surface area contributed by atoms with Crippen molar-refractivity contribution in [2.45, 2.75) is 95.9 Å². The number of carboxylic acid groups (broad SMARTS) is 1. The Bertz CT molecular complexity index is 317. The minimum Gasteiger partial charge on any atom is -0.481 e. The minimum absolute atomic E-state index is 0.221. The molecule has 0 fully saturated rings. The van der Waals surface area contributed by atoms with E-state index in [0.717, 1.165) is 44.9 Å². The molecular weight excluding hydrogens is 296 g/mol. The molecule has 0 aromatic heterocycles. The van der Waals surface area contributed by atoms with Gasteiger partial charge in [-0.1, -0.05) is 44.8 Å². The Morgan fingerprint density at radius 3 is 2.26 bits per heavy atom. The third kappa shape index (κ3) is 14.4. The van der Waals surface area contributed by atoms with Gasteiger partial charge in [0, 0.05) is 12.8 Å². The van der Waals surface area contributed by atoms with Gasteiger partial charge in [-0.2, -0.15) is 0 Å². The number of aliphatic hydroxyl groups excluding tert-OH is 3. The highest BCUT2D eigenvalue weighted by molar-refractivity contribution is 5.66. The SMILES string of the molecule is CCC[C@H](O)C[C@H](O)[C@H](O)C/C=C\CCCCCCCC(=O)O. The molecule has 0 saturated heterocycles. The van der Waals surface area contributed by atoms with Crippen molar-refractivity contribution < 1.29 is 25.2 Å². The first-order chi connectivity index (χ1) is 11.0. The van der Waals surface area contributed by atoms with Crippen LogP contribution in [0.25, 0.3) is 0 Å². The zero-order chi connectivity index (χ0) is 17.5. The molecule has 0 amide bonds. The Kier molecular flexibility index (Phi) is 14.1. The van der Waals surface area contributed by atoms with Crippen LogP contribution in [0.1, 0.15) is 77.6 Å². The van der Waals surface area contributed by atoms with Crippen molar-refractivity contribution in [1.82, 2.24) is 0 Å². The summed E-state index contributed by atoms with van der Waals surface area (Å²) in [6.07, 6.45) is 9.85. The summed E-state index contributed by atoms with van der Waals surface area (Å²) >= 11 is 0. The molecule has 136 valence electrons. The van der Waals surface area contributed by atoms with Crippen LogP contribution in [0.2, 0.25) is 0 Å². The number of rotatable bonds is 15. The average molecular weight is 330 g/mol. The zero-order valence-electron chi connectivity index (χ0n) is 14.4. The van der Waals surface area contributed by atoms with E-state index in [1.807, 2.05) is 19.1 Å². The Morgan fingerprint density at radius 1 is 0.957 bits per heavy atom. The molecule has 0 bridgehead atoms. The predicted molar refractivity (Wildman–Crippen MR) is 91.3 cm³/mol. The van der Waals surface area contributed by atoms with Crippen molar-refractivity contribution in [2.75, 3.05) is 0 Å². The van der Waals surface area contributed by atoms with Crippen molar-refractivity contribution in [2.24, 2.45) is 0 Å². The van der Waals surface area contributed by atoms with E-state index in [2.05, 4.69) is 0 Å². The maximum atomic E-state index is 10.3. The molecule has 5 nitrogen and oxygen atoms in total. The molecular formula is C18H34O5. The number of hydrogen-bond donors (Lipinski definition) is 4. The molecule has 0 saturated carbocycles. The number of unbranched alkanes of at least 4 members (excludes halogenated alkanes) is 5. The van der Waals surface area contributed by atoms with Crippen molar-refractivity contribution in [1.29, 1.82) is 0 Å². The quantitative estimate of drug-likeness (QED) is 0.273. The highest BCUT2D eigenvalue weighted by Gasteiger charge is 2.18. The van der Waals surface area contributed by atoms with E-state index in [1.54, 1.807) is 0 Å².